The van der Waals surface area contributed by atoms with Crippen LogP contribution in [0.3, 0.4) is 0 Å². The number of hydrogen-bond acceptors (Lipinski definition) is 4. The molecular weight excluding hydrogens is 236 g/mol. The maximum atomic E-state index is 11.7. The fraction of sp³-hybridized carbons (Fsp3) is 0.667. The second-order valence-corrected chi connectivity index (χ2v) is 4.50. The first-order valence-electron chi connectivity index (χ1n) is 6.20. The van der Waals surface area contributed by atoms with Gasteiger partial charge in [0.2, 0.25) is 0 Å². The van der Waals surface area contributed by atoms with Crippen LogP contribution < -0.4 is 11.2 Å². The topological polar surface area (TPSA) is 73.3 Å². The molecule has 1 aliphatic heterocycles. The third-order valence-corrected chi connectivity index (χ3v) is 2.92. The van der Waals surface area contributed by atoms with E-state index in [0.717, 1.165) is 12.8 Å². The highest BCUT2D eigenvalue weighted by Gasteiger charge is 2.35. The third-order valence-electron chi connectivity index (χ3n) is 2.92. The molecular formula is C12H18N2O4. The van der Waals surface area contributed by atoms with Crippen LogP contribution in [0.15, 0.2) is 21.9 Å². The van der Waals surface area contributed by atoms with Gasteiger partial charge in [-0.25, -0.2) is 4.79 Å². The fourth-order valence-corrected chi connectivity index (χ4v) is 2.12. The van der Waals surface area contributed by atoms with Crippen molar-refractivity contribution in [1.29, 1.82) is 0 Å². The Morgan fingerprint density at radius 3 is 3.00 bits per heavy atom. The van der Waals surface area contributed by atoms with Crippen LogP contribution in [0.5, 0.6) is 0 Å². The first kappa shape index (κ1) is 13.0. The van der Waals surface area contributed by atoms with E-state index in [1.165, 1.54) is 16.8 Å². The molecule has 6 heteroatoms. The summed E-state index contributed by atoms with van der Waals surface area (Å²) in [6.07, 6.45) is 2.54. The van der Waals surface area contributed by atoms with Crippen molar-refractivity contribution in [2.24, 2.45) is 0 Å². The van der Waals surface area contributed by atoms with Crippen molar-refractivity contribution in [3.8, 4) is 0 Å². The van der Waals surface area contributed by atoms with Crippen LogP contribution >= 0.6 is 0 Å². The van der Waals surface area contributed by atoms with Crippen molar-refractivity contribution in [3.63, 3.8) is 0 Å². The van der Waals surface area contributed by atoms with Crippen molar-refractivity contribution in [2.75, 3.05) is 6.61 Å². The lowest BCUT2D eigenvalue weighted by Gasteiger charge is -2.20. The van der Waals surface area contributed by atoms with Crippen molar-refractivity contribution in [2.45, 2.75) is 45.1 Å². The Morgan fingerprint density at radius 2 is 2.33 bits per heavy atom. The Labute approximate surface area is 105 Å². The van der Waals surface area contributed by atoms with Gasteiger partial charge in [0.05, 0.1) is 6.10 Å². The third kappa shape index (κ3) is 2.70. The molecule has 1 fully saturated rings. The van der Waals surface area contributed by atoms with Crippen LogP contribution in [0.4, 0.5) is 0 Å². The number of aromatic nitrogens is 2. The van der Waals surface area contributed by atoms with Gasteiger partial charge in [-0.1, -0.05) is 6.92 Å². The highest BCUT2D eigenvalue weighted by Crippen LogP contribution is 2.29. The van der Waals surface area contributed by atoms with E-state index in [0.29, 0.717) is 6.61 Å². The SMILES string of the molecule is CCCO[C@H]1CC(C)OC1n1ccc(=O)[nH]c1=O. The van der Waals surface area contributed by atoms with E-state index >= 15 is 0 Å². The lowest BCUT2D eigenvalue weighted by Crippen LogP contribution is -2.35. The molecule has 0 bridgehead atoms. The molecule has 2 unspecified atom stereocenters. The molecule has 0 amide bonds. The monoisotopic (exact) mass is 254 g/mol. The quantitative estimate of drug-likeness (QED) is 0.855. The van der Waals surface area contributed by atoms with Gasteiger partial charge >= 0.3 is 5.69 Å². The van der Waals surface area contributed by atoms with Crippen LogP contribution in [0.2, 0.25) is 0 Å². The Bertz CT molecular complexity index is 507. The number of H-pyrrole nitrogens is 1. The zero-order chi connectivity index (χ0) is 13.1. The number of nitrogens with zero attached hydrogens (tertiary/aromatic N) is 1. The van der Waals surface area contributed by atoms with Crippen molar-refractivity contribution >= 4 is 0 Å². The maximum Gasteiger partial charge on any atom is 0.330 e. The first-order valence-corrected chi connectivity index (χ1v) is 6.20. The lowest BCUT2D eigenvalue weighted by molar-refractivity contribution is -0.0619. The Kier molecular flexibility index (Phi) is 3.98. The van der Waals surface area contributed by atoms with E-state index in [4.69, 9.17) is 9.47 Å². The normalized spacial score (nSPS) is 27.6. The molecule has 1 aromatic heterocycles. The molecule has 0 aromatic carbocycles. The van der Waals surface area contributed by atoms with Crippen LogP contribution in [-0.4, -0.2) is 28.4 Å². The van der Waals surface area contributed by atoms with Crippen LogP contribution in [0, 0.1) is 0 Å². The van der Waals surface area contributed by atoms with Crippen LogP contribution in [-0.2, 0) is 9.47 Å². The molecule has 0 aliphatic carbocycles. The summed E-state index contributed by atoms with van der Waals surface area (Å²) in [5, 5.41) is 0. The summed E-state index contributed by atoms with van der Waals surface area (Å²) < 4.78 is 12.8. The largest absolute Gasteiger partial charge is 0.373 e. The molecule has 1 aromatic rings. The van der Waals surface area contributed by atoms with Gasteiger partial charge in [-0.15, -0.1) is 0 Å². The van der Waals surface area contributed by atoms with E-state index in [9.17, 15) is 9.59 Å². The van der Waals surface area contributed by atoms with Gasteiger partial charge in [-0.05, 0) is 13.3 Å². The minimum absolute atomic E-state index is 0.0377. The molecule has 1 aliphatic rings. The molecule has 0 radical (unpaired) electrons. The number of rotatable bonds is 4. The highest BCUT2D eigenvalue weighted by atomic mass is 16.6. The predicted octanol–water partition coefficient (Wildman–Crippen LogP) is 0.639. The minimum Gasteiger partial charge on any atom is -0.373 e. The van der Waals surface area contributed by atoms with E-state index < -0.39 is 17.5 Å². The van der Waals surface area contributed by atoms with Gasteiger partial charge in [0.1, 0.15) is 6.10 Å². The highest BCUT2D eigenvalue weighted by molar-refractivity contribution is 4.88. The van der Waals surface area contributed by atoms with Crippen molar-refractivity contribution in [3.05, 3.63) is 33.1 Å². The van der Waals surface area contributed by atoms with Gasteiger partial charge in [0, 0.05) is 25.3 Å². The van der Waals surface area contributed by atoms with E-state index in [-0.39, 0.29) is 12.2 Å². The number of hydrogen-bond donors (Lipinski definition) is 1. The second kappa shape index (κ2) is 5.49. The van der Waals surface area contributed by atoms with Gasteiger partial charge in [0.15, 0.2) is 6.23 Å². The molecule has 3 atom stereocenters. The molecule has 0 saturated carbocycles. The van der Waals surface area contributed by atoms with E-state index in [2.05, 4.69) is 4.98 Å². The standard InChI is InChI=1S/C12H18N2O4/c1-3-6-17-9-7-8(2)18-11(9)14-5-4-10(15)13-12(14)16/h4-5,8-9,11H,3,6-7H2,1-2H3,(H,13,15,16)/t8?,9-,11?/m0/s1. The summed E-state index contributed by atoms with van der Waals surface area (Å²) in [7, 11) is 0. The minimum atomic E-state index is -0.466. The summed E-state index contributed by atoms with van der Waals surface area (Å²) in [4.78, 5) is 25.0. The van der Waals surface area contributed by atoms with Crippen LogP contribution in [0.1, 0.15) is 32.9 Å². The average molecular weight is 254 g/mol. The van der Waals surface area contributed by atoms with Gasteiger partial charge in [-0.2, -0.15) is 0 Å². The Hall–Kier alpha value is -1.40. The molecule has 2 heterocycles. The number of aromatic amines is 1. The summed E-state index contributed by atoms with van der Waals surface area (Å²) in [6.45, 7) is 4.61. The Morgan fingerprint density at radius 1 is 1.56 bits per heavy atom. The summed E-state index contributed by atoms with van der Waals surface area (Å²) in [5.74, 6) is 0. The zero-order valence-electron chi connectivity index (χ0n) is 10.6. The molecule has 2 rings (SSSR count). The van der Waals surface area contributed by atoms with E-state index in [1.807, 2.05) is 13.8 Å². The molecule has 0 spiro atoms. The lowest BCUT2D eigenvalue weighted by atomic mass is 10.2. The number of ether oxygens (including phenoxy) is 2. The molecule has 6 nitrogen and oxygen atoms in total. The van der Waals surface area contributed by atoms with Gasteiger partial charge < -0.3 is 9.47 Å². The van der Waals surface area contributed by atoms with Crippen molar-refractivity contribution in [1.82, 2.24) is 9.55 Å². The predicted molar refractivity (Wildman–Crippen MR) is 65.6 cm³/mol. The fourth-order valence-electron chi connectivity index (χ4n) is 2.12. The number of nitrogens with one attached hydrogen (secondary N) is 1. The molecule has 1 saturated heterocycles. The maximum absolute atomic E-state index is 11.7. The average Bonchev–Trinajstić information content (AvgIpc) is 2.67. The van der Waals surface area contributed by atoms with E-state index in [1.54, 1.807) is 0 Å². The first-order chi connectivity index (χ1) is 8.61. The molecule has 1 N–H and O–H groups in total. The Balaban J connectivity index is 2.24. The van der Waals surface area contributed by atoms with Gasteiger partial charge in [-0.3, -0.25) is 14.3 Å². The van der Waals surface area contributed by atoms with Crippen molar-refractivity contribution < 1.29 is 9.47 Å². The summed E-state index contributed by atoms with van der Waals surface area (Å²) in [5.41, 5.74) is -0.875. The molecule has 18 heavy (non-hydrogen) atoms. The summed E-state index contributed by atoms with van der Waals surface area (Å²) >= 11 is 0. The smallest absolute Gasteiger partial charge is 0.330 e. The van der Waals surface area contributed by atoms with Gasteiger partial charge in [0.25, 0.3) is 5.56 Å². The summed E-state index contributed by atoms with van der Waals surface area (Å²) in [6, 6.07) is 1.31. The van der Waals surface area contributed by atoms with Crippen LogP contribution in [0.25, 0.3) is 0 Å². The second-order valence-electron chi connectivity index (χ2n) is 4.50. The zero-order valence-corrected chi connectivity index (χ0v) is 10.6. The molecule has 100 valence electrons.